The monoisotopic (exact) mass is 437 g/mol. The Hall–Kier alpha value is -3.23. The van der Waals surface area contributed by atoms with Crippen LogP contribution in [0.4, 0.5) is 10.5 Å². The number of rotatable bonds is 7. The standard InChI is InChI=1S/C22H19N3O3S2/c26-21-8-16(6-15-4-2-1-3-5-15)7-20(19(21)9-17-11-29-13-23-17)25-22(27)28-10-18-12-30-14-24-18/h1-5,7-8,11-14,26H,6,9-10H2,(H,25,27). The number of benzene rings is 2. The number of carbonyl (C=O) groups excluding carboxylic acids is 1. The van der Waals surface area contributed by atoms with E-state index in [1.54, 1.807) is 17.1 Å². The quantitative estimate of drug-likeness (QED) is 0.413. The summed E-state index contributed by atoms with van der Waals surface area (Å²) in [5.74, 6) is 0.117. The lowest BCUT2D eigenvalue weighted by molar-refractivity contribution is 0.154. The molecule has 6 nitrogen and oxygen atoms in total. The first kappa shape index (κ1) is 20.1. The van der Waals surface area contributed by atoms with Gasteiger partial charge in [0.25, 0.3) is 0 Å². The van der Waals surface area contributed by atoms with Crippen LogP contribution < -0.4 is 5.32 Å². The van der Waals surface area contributed by atoms with Crippen molar-refractivity contribution in [2.75, 3.05) is 5.32 Å². The molecule has 0 aliphatic carbocycles. The van der Waals surface area contributed by atoms with Crippen LogP contribution in [0.2, 0.25) is 0 Å². The van der Waals surface area contributed by atoms with Crippen LogP contribution in [0.1, 0.15) is 28.1 Å². The van der Waals surface area contributed by atoms with Gasteiger partial charge in [0.1, 0.15) is 12.4 Å². The number of phenols is 1. The number of thiazole rings is 2. The maximum atomic E-state index is 12.4. The number of aromatic nitrogens is 2. The summed E-state index contributed by atoms with van der Waals surface area (Å²) in [7, 11) is 0. The Morgan fingerprint density at radius 3 is 2.40 bits per heavy atom. The average Bonchev–Trinajstić information content (AvgIpc) is 3.44. The SMILES string of the molecule is O=C(Nc1cc(Cc2ccccc2)cc(O)c1Cc1cscn1)OCc1cscn1. The van der Waals surface area contributed by atoms with Gasteiger partial charge >= 0.3 is 6.09 Å². The molecule has 0 unspecified atom stereocenters. The van der Waals surface area contributed by atoms with Crippen molar-refractivity contribution < 1.29 is 14.6 Å². The summed E-state index contributed by atoms with van der Waals surface area (Å²) in [4.78, 5) is 20.8. The Morgan fingerprint density at radius 2 is 1.70 bits per heavy atom. The Bertz CT molecular complexity index is 1100. The van der Waals surface area contributed by atoms with E-state index in [0.717, 1.165) is 16.8 Å². The third-order valence-electron chi connectivity index (χ3n) is 4.45. The van der Waals surface area contributed by atoms with E-state index < -0.39 is 6.09 Å². The number of nitrogens with one attached hydrogen (secondary N) is 1. The van der Waals surface area contributed by atoms with Gasteiger partial charge in [-0.1, -0.05) is 30.3 Å². The molecule has 30 heavy (non-hydrogen) atoms. The maximum absolute atomic E-state index is 12.4. The molecular weight excluding hydrogens is 418 g/mol. The highest BCUT2D eigenvalue weighted by Gasteiger charge is 2.16. The fraction of sp³-hybridized carbons (Fsp3) is 0.136. The highest BCUT2D eigenvalue weighted by Crippen LogP contribution is 2.31. The van der Waals surface area contributed by atoms with E-state index in [1.165, 1.54) is 22.7 Å². The first-order chi connectivity index (χ1) is 14.7. The molecule has 0 radical (unpaired) electrons. The number of ether oxygens (including phenoxy) is 1. The number of nitrogens with zero attached hydrogens (tertiary/aromatic N) is 2. The topological polar surface area (TPSA) is 84.3 Å². The number of carbonyl (C=O) groups is 1. The van der Waals surface area contributed by atoms with Gasteiger partial charge in [-0.25, -0.2) is 14.8 Å². The fourth-order valence-corrected chi connectivity index (χ4v) is 4.15. The Kier molecular flexibility index (Phi) is 6.36. The van der Waals surface area contributed by atoms with Crippen LogP contribution >= 0.6 is 22.7 Å². The molecule has 0 spiro atoms. The molecule has 2 aromatic carbocycles. The number of hydrogen-bond acceptors (Lipinski definition) is 7. The summed E-state index contributed by atoms with van der Waals surface area (Å²) in [6.45, 7) is 0.0897. The zero-order valence-corrected chi connectivity index (χ0v) is 17.6. The molecule has 1 amide bonds. The molecule has 0 bridgehead atoms. The van der Waals surface area contributed by atoms with Crippen molar-refractivity contribution in [2.24, 2.45) is 0 Å². The molecular formula is C22H19N3O3S2. The Labute approximate surface area is 181 Å². The predicted molar refractivity (Wildman–Crippen MR) is 118 cm³/mol. The molecule has 0 fully saturated rings. The van der Waals surface area contributed by atoms with Crippen LogP contribution in [0.15, 0.2) is 64.2 Å². The molecule has 4 aromatic rings. The van der Waals surface area contributed by atoms with E-state index in [9.17, 15) is 9.90 Å². The molecule has 0 saturated heterocycles. The fourth-order valence-electron chi connectivity index (χ4n) is 3.05. The zero-order valence-electron chi connectivity index (χ0n) is 15.9. The molecule has 2 aromatic heterocycles. The molecule has 152 valence electrons. The molecule has 8 heteroatoms. The van der Waals surface area contributed by atoms with Crippen molar-refractivity contribution >= 4 is 34.5 Å². The number of amides is 1. The maximum Gasteiger partial charge on any atom is 0.412 e. The van der Waals surface area contributed by atoms with Crippen molar-refractivity contribution in [3.63, 3.8) is 0 Å². The van der Waals surface area contributed by atoms with Gasteiger partial charge in [-0.3, -0.25) is 5.32 Å². The van der Waals surface area contributed by atoms with E-state index in [2.05, 4.69) is 15.3 Å². The second-order valence-corrected chi connectivity index (χ2v) is 8.08. The van der Waals surface area contributed by atoms with Crippen LogP contribution in [-0.2, 0) is 24.2 Å². The summed E-state index contributed by atoms with van der Waals surface area (Å²) < 4.78 is 5.28. The lowest BCUT2D eigenvalue weighted by atomic mass is 9.99. The van der Waals surface area contributed by atoms with Crippen molar-refractivity contribution in [3.05, 3.63) is 92.3 Å². The van der Waals surface area contributed by atoms with E-state index in [-0.39, 0.29) is 12.4 Å². The molecule has 2 heterocycles. The lowest BCUT2D eigenvalue weighted by Gasteiger charge is -2.15. The highest BCUT2D eigenvalue weighted by atomic mass is 32.1. The van der Waals surface area contributed by atoms with Gasteiger partial charge in [0.15, 0.2) is 0 Å². The minimum Gasteiger partial charge on any atom is -0.508 e. The second kappa shape index (κ2) is 9.51. The van der Waals surface area contributed by atoms with Crippen molar-refractivity contribution in [1.29, 1.82) is 0 Å². The van der Waals surface area contributed by atoms with E-state index >= 15 is 0 Å². The summed E-state index contributed by atoms with van der Waals surface area (Å²) in [5, 5.41) is 17.2. The summed E-state index contributed by atoms with van der Waals surface area (Å²) in [5.41, 5.74) is 8.06. The van der Waals surface area contributed by atoms with Crippen LogP contribution in [0, 0.1) is 0 Å². The molecule has 0 aliphatic heterocycles. The molecule has 0 aliphatic rings. The van der Waals surface area contributed by atoms with Gasteiger partial charge in [0, 0.05) is 22.7 Å². The van der Waals surface area contributed by atoms with Crippen molar-refractivity contribution in [1.82, 2.24) is 9.97 Å². The van der Waals surface area contributed by atoms with Crippen molar-refractivity contribution in [3.8, 4) is 5.75 Å². The average molecular weight is 438 g/mol. The normalized spacial score (nSPS) is 10.7. The lowest BCUT2D eigenvalue weighted by Crippen LogP contribution is -2.15. The number of hydrogen-bond donors (Lipinski definition) is 2. The minimum absolute atomic E-state index is 0.0897. The Balaban J connectivity index is 1.57. The first-order valence-corrected chi connectivity index (χ1v) is 11.1. The van der Waals surface area contributed by atoms with E-state index in [4.69, 9.17) is 4.74 Å². The largest absolute Gasteiger partial charge is 0.508 e. The second-order valence-electron chi connectivity index (χ2n) is 6.64. The van der Waals surface area contributed by atoms with Gasteiger partial charge in [0.05, 0.1) is 28.1 Å². The van der Waals surface area contributed by atoms with Gasteiger partial charge in [0.2, 0.25) is 0 Å². The number of anilines is 1. The van der Waals surface area contributed by atoms with E-state index in [0.29, 0.717) is 29.8 Å². The highest BCUT2D eigenvalue weighted by molar-refractivity contribution is 7.07. The van der Waals surface area contributed by atoms with Crippen LogP contribution in [-0.4, -0.2) is 21.2 Å². The van der Waals surface area contributed by atoms with Gasteiger partial charge in [-0.2, -0.15) is 0 Å². The van der Waals surface area contributed by atoms with Crippen LogP contribution in [0.25, 0.3) is 0 Å². The van der Waals surface area contributed by atoms with Gasteiger partial charge in [-0.15, -0.1) is 22.7 Å². The summed E-state index contributed by atoms with van der Waals surface area (Å²) in [6.07, 6.45) is 0.440. The summed E-state index contributed by atoms with van der Waals surface area (Å²) >= 11 is 2.93. The third-order valence-corrected chi connectivity index (χ3v) is 5.72. The molecule has 0 saturated carbocycles. The number of phenolic OH excluding ortho intramolecular Hbond substituents is 1. The molecule has 4 rings (SSSR count). The minimum atomic E-state index is -0.598. The van der Waals surface area contributed by atoms with Crippen LogP contribution in [0.5, 0.6) is 5.75 Å². The third kappa shape index (κ3) is 5.22. The Morgan fingerprint density at radius 1 is 0.967 bits per heavy atom. The van der Waals surface area contributed by atoms with Crippen molar-refractivity contribution in [2.45, 2.75) is 19.4 Å². The zero-order chi connectivity index (χ0) is 20.8. The summed E-state index contributed by atoms with van der Waals surface area (Å²) in [6, 6.07) is 13.6. The molecule has 0 atom stereocenters. The van der Waals surface area contributed by atoms with Crippen LogP contribution in [0.3, 0.4) is 0 Å². The number of aromatic hydroxyl groups is 1. The predicted octanol–water partition coefficient (Wildman–Crippen LogP) is 5.24. The molecule has 2 N–H and O–H groups in total. The first-order valence-electron chi connectivity index (χ1n) is 9.24. The van der Waals surface area contributed by atoms with E-state index in [1.807, 2.05) is 47.2 Å². The van der Waals surface area contributed by atoms with Gasteiger partial charge < -0.3 is 9.84 Å². The smallest absolute Gasteiger partial charge is 0.412 e. The van der Waals surface area contributed by atoms with Gasteiger partial charge in [-0.05, 0) is 29.7 Å².